The number of hydrogen-bond donors (Lipinski definition) is 1. The fraction of sp³-hybridized carbons (Fsp3) is 0.353. The summed E-state index contributed by atoms with van der Waals surface area (Å²) in [5.74, 6) is 0. The van der Waals surface area contributed by atoms with Crippen molar-refractivity contribution in [2.24, 2.45) is 14.1 Å². The van der Waals surface area contributed by atoms with Gasteiger partial charge in [-0.3, -0.25) is 9.36 Å². The standard InChI is InChI=1S/C17H17F3N4O3/c1-22-9-13(14(25)23(2)16(22)27)21-15(26)24-7-6-10-4-3-5-12(11(10)8-24)17(18,19)20/h3-5,9H,6-8H2,1-2H3,(H,21,26). The average Bonchev–Trinajstić information content (AvgIpc) is 2.62. The van der Waals surface area contributed by atoms with Crippen LogP contribution < -0.4 is 16.6 Å². The monoisotopic (exact) mass is 382 g/mol. The zero-order valence-electron chi connectivity index (χ0n) is 14.6. The molecule has 27 heavy (non-hydrogen) atoms. The number of alkyl halides is 3. The van der Waals surface area contributed by atoms with Crippen LogP contribution in [0.1, 0.15) is 16.7 Å². The van der Waals surface area contributed by atoms with E-state index in [0.29, 0.717) is 5.56 Å². The van der Waals surface area contributed by atoms with Gasteiger partial charge < -0.3 is 14.8 Å². The highest BCUT2D eigenvalue weighted by atomic mass is 19.4. The molecule has 0 atom stereocenters. The molecule has 1 aliphatic heterocycles. The van der Waals surface area contributed by atoms with Crippen molar-refractivity contribution in [2.45, 2.75) is 19.1 Å². The van der Waals surface area contributed by atoms with Crippen molar-refractivity contribution in [3.05, 3.63) is 61.9 Å². The van der Waals surface area contributed by atoms with Crippen LogP contribution in [0.3, 0.4) is 0 Å². The van der Waals surface area contributed by atoms with Crippen molar-refractivity contribution in [3.63, 3.8) is 0 Å². The van der Waals surface area contributed by atoms with E-state index in [4.69, 9.17) is 0 Å². The predicted octanol–water partition coefficient (Wildman–Crippen LogP) is 1.69. The third kappa shape index (κ3) is 3.46. The zero-order chi connectivity index (χ0) is 19.9. The number of halogens is 3. The summed E-state index contributed by atoms with van der Waals surface area (Å²) in [6, 6.07) is 3.25. The van der Waals surface area contributed by atoms with Gasteiger partial charge in [0.1, 0.15) is 5.69 Å². The SMILES string of the molecule is Cn1cc(NC(=O)N2CCc3cccc(C(F)(F)F)c3C2)c(=O)n(C)c1=O. The fourth-order valence-corrected chi connectivity index (χ4v) is 3.11. The first kappa shape index (κ1) is 18.7. The number of carbonyl (C=O) groups excluding carboxylic acids is 1. The van der Waals surface area contributed by atoms with E-state index in [0.717, 1.165) is 15.2 Å². The van der Waals surface area contributed by atoms with E-state index in [-0.39, 0.29) is 30.8 Å². The molecule has 10 heteroatoms. The van der Waals surface area contributed by atoms with Gasteiger partial charge >= 0.3 is 17.9 Å². The minimum atomic E-state index is -4.52. The van der Waals surface area contributed by atoms with Crippen molar-refractivity contribution in [2.75, 3.05) is 11.9 Å². The normalized spacial score (nSPS) is 14.0. The van der Waals surface area contributed by atoms with Crippen LogP contribution in [0.4, 0.5) is 23.7 Å². The lowest BCUT2D eigenvalue weighted by Crippen LogP contribution is -2.43. The number of anilines is 1. The highest BCUT2D eigenvalue weighted by Crippen LogP contribution is 2.35. The van der Waals surface area contributed by atoms with Gasteiger partial charge in [-0.05, 0) is 23.6 Å². The number of nitrogens with zero attached hydrogens (tertiary/aromatic N) is 3. The van der Waals surface area contributed by atoms with Crippen molar-refractivity contribution < 1.29 is 18.0 Å². The number of aromatic nitrogens is 2. The van der Waals surface area contributed by atoms with Crippen molar-refractivity contribution in [1.29, 1.82) is 0 Å². The van der Waals surface area contributed by atoms with E-state index in [1.54, 1.807) is 6.07 Å². The first-order valence-electron chi connectivity index (χ1n) is 8.10. The molecule has 0 saturated carbocycles. The lowest BCUT2D eigenvalue weighted by molar-refractivity contribution is -0.138. The second-order valence-corrected chi connectivity index (χ2v) is 6.34. The van der Waals surface area contributed by atoms with E-state index >= 15 is 0 Å². The maximum Gasteiger partial charge on any atom is 0.416 e. The van der Waals surface area contributed by atoms with Crippen molar-refractivity contribution in [3.8, 4) is 0 Å². The molecule has 2 heterocycles. The zero-order valence-corrected chi connectivity index (χ0v) is 14.6. The summed E-state index contributed by atoms with van der Waals surface area (Å²) in [6.45, 7) is -0.00481. The Labute approximate surface area is 151 Å². The molecule has 3 rings (SSSR count). The van der Waals surface area contributed by atoms with Crippen LogP contribution >= 0.6 is 0 Å². The first-order chi connectivity index (χ1) is 12.6. The quantitative estimate of drug-likeness (QED) is 0.816. The van der Waals surface area contributed by atoms with Crippen LogP contribution in [0, 0.1) is 0 Å². The maximum absolute atomic E-state index is 13.2. The molecule has 0 radical (unpaired) electrons. The van der Waals surface area contributed by atoms with Gasteiger partial charge in [-0.25, -0.2) is 9.59 Å². The summed E-state index contributed by atoms with van der Waals surface area (Å²) < 4.78 is 41.7. The second-order valence-electron chi connectivity index (χ2n) is 6.34. The predicted molar refractivity (Wildman–Crippen MR) is 91.5 cm³/mol. The summed E-state index contributed by atoms with van der Waals surface area (Å²) in [5, 5.41) is 2.39. The summed E-state index contributed by atoms with van der Waals surface area (Å²) in [7, 11) is 2.69. The Balaban J connectivity index is 1.87. The smallest absolute Gasteiger partial charge is 0.320 e. The molecule has 0 fully saturated rings. The number of fused-ring (bicyclic) bond motifs is 1. The molecule has 1 N–H and O–H groups in total. The van der Waals surface area contributed by atoms with Gasteiger partial charge in [-0.15, -0.1) is 0 Å². The number of carbonyl (C=O) groups is 1. The topological polar surface area (TPSA) is 76.3 Å². The van der Waals surface area contributed by atoms with E-state index < -0.39 is 29.0 Å². The molecular weight excluding hydrogens is 365 g/mol. The summed E-state index contributed by atoms with van der Waals surface area (Å²) in [4.78, 5) is 37.5. The van der Waals surface area contributed by atoms with Crippen LogP contribution in [0.15, 0.2) is 34.0 Å². The number of urea groups is 1. The number of amides is 2. The molecule has 0 saturated heterocycles. The van der Waals surface area contributed by atoms with Gasteiger partial charge in [0.05, 0.1) is 5.56 Å². The number of rotatable bonds is 1. The molecule has 0 unspecified atom stereocenters. The Hall–Kier alpha value is -3.04. The third-order valence-corrected chi connectivity index (χ3v) is 4.55. The number of aryl methyl sites for hydroxylation is 1. The van der Waals surface area contributed by atoms with Gasteiger partial charge in [0.15, 0.2) is 0 Å². The largest absolute Gasteiger partial charge is 0.416 e. The van der Waals surface area contributed by atoms with Crippen molar-refractivity contribution in [1.82, 2.24) is 14.0 Å². The van der Waals surface area contributed by atoms with E-state index in [1.807, 2.05) is 0 Å². The van der Waals surface area contributed by atoms with Gasteiger partial charge in [0.25, 0.3) is 5.56 Å². The summed E-state index contributed by atoms with van der Waals surface area (Å²) >= 11 is 0. The summed E-state index contributed by atoms with van der Waals surface area (Å²) in [5.41, 5.74) is -1.54. The molecular formula is C17H17F3N4O3. The number of nitrogens with one attached hydrogen (secondary N) is 1. The highest BCUT2D eigenvalue weighted by molar-refractivity contribution is 5.89. The first-order valence-corrected chi connectivity index (χ1v) is 8.10. The van der Waals surface area contributed by atoms with E-state index in [2.05, 4.69) is 5.32 Å². The lowest BCUT2D eigenvalue weighted by atomic mass is 9.95. The second kappa shape index (κ2) is 6.60. The molecule has 0 bridgehead atoms. The maximum atomic E-state index is 13.2. The van der Waals surface area contributed by atoms with E-state index in [1.165, 1.54) is 31.3 Å². The molecule has 7 nitrogen and oxygen atoms in total. The molecule has 1 aromatic carbocycles. The molecule has 0 spiro atoms. The Kier molecular flexibility index (Phi) is 4.58. The molecule has 1 aliphatic rings. The number of hydrogen-bond acceptors (Lipinski definition) is 3. The Morgan fingerprint density at radius 1 is 1.19 bits per heavy atom. The Bertz CT molecular complexity index is 1020. The molecule has 1 aromatic heterocycles. The minimum absolute atomic E-state index is 0.0553. The molecule has 144 valence electrons. The van der Waals surface area contributed by atoms with Crippen LogP contribution in [-0.4, -0.2) is 26.6 Å². The van der Waals surface area contributed by atoms with Crippen LogP contribution in [0.25, 0.3) is 0 Å². The van der Waals surface area contributed by atoms with Gasteiger partial charge in [0.2, 0.25) is 0 Å². The molecule has 0 aliphatic carbocycles. The van der Waals surface area contributed by atoms with Gasteiger partial charge in [-0.2, -0.15) is 13.2 Å². The average molecular weight is 382 g/mol. The van der Waals surface area contributed by atoms with Crippen LogP contribution in [0.2, 0.25) is 0 Å². The van der Waals surface area contributed by atoms with E-state index in [9.17, 15) is 27.6 Å². The number of benzene rings is 1. The molecule has 2 aromatic rings. The molecule has 2 amide bonds. The lowest BCUT2D eigenvalue weighted by Gasteiger charge is -2.30. The third-order valence-electron chi connectivity index (χ3n) is 4.55. The van der Waals surface area contributed by atoms with Crippen LogP contribution in [-0.2, 0) is 33.2 Å². The van der Waals surface area contributed by atoms with Crippen molar-refractivity contribution >= 4 is 11.7 Å². The van der Waals surface area contributed by atoms with Gasteiger partial charge in [-0.1, -0.05) is 12.1 Å². The fourth-order valence-electron chi connectivity index (χ4n) is 3.11. The Morgan fingerprint density at radius 3 is 2.56 bits per heavy atom. The minimum Gasteiger partial charge on any atom is -0.320 e. The van der Waals surface area contributed by atoms with Gasteiger partial charge in [0, 0.05) is 33.4 Å². The Morgan fingerprint density at radius 2 is 1.89 bits per heavy atom. The van der Waals surface area contributed by atoms with Crippen LogP contribution in [0.5, 0.6) is 0 Å². The highest BCUT2D eigenvalue weighted by Gasteiger charge is 2.36. The summed E-state index contributed by atoms with van der Waals surface area (Å²) in [6.07, 6.45) is -3.06.